The number of hydrogen-bond acceptors (Lipinski definition) is 4. The first-order chi connectivity index (χ1) is 13.0. The van der Waals surface area contributed by atoms with Crippen LogP contribution in [-0.4, -0.2) is 28.2 Å². The predicted octanol–water partition coefficient (Wildman–Crippen LogP) is 3.20. The standard InChI is InChI=1S/C21H22N4O2/c1-3-5-20(26)24-17-7-4-6-15(10-17)21(27)25-9-8-18-16(13-25)12-23-14(2)19(18)11-22/h4,6-7,10,12H,3,5,8-9,13H2,1-2H3,(H,24,26). The zero-order valence-electron chi connectivity index (χ0n) is 15.6. The second-order valence-electron chi connectivity index (χ2n) is 6.69. The number of carbonyl (C=O) groups is 2. The van der Waals surface area contributed by atoms with Gasteiger partial charge in [0.1, 0.15) is 6.07 Å². The molecule has 27 heavy (non-hydrogen) atoms. The molecule has 2 heterocycles. The molecule has 0 saturated heterocycles. The number of nitriles is 1. The van der Waals surface area contributed by atoms with Crippen LogP contribution < -0.4 is 5.32 Å². The van der Waals surface area contributed by atoms with Gasteiger partial charge in [0.05, 0.1) is 11.3 Å². The maximum absolute atomic E-state index is 12.9. The predicted molar refractivity (Wildman–Crippen MR) is 102 cm³/mol. The van der Waals surface area contributed by atoms with Gasteiger partial charge in [0.2, 0.25) is 5.91 Å². The molecule has 6 heteroatoms. The first kappa shape index (κ1) is 18.6. The molecule has 3 rings (SSSR count). The van der Waals surface area contributed by atoms with Gasteiger partial charge in [-0.3, -0.25) is 14.6 Å². The molecule has 0 fully saturated rings. The van der Waals surface area contributed by atoms with Crippen LogP contribution in [0.3, 0.4) is 0 Å². The number of rotatable bonds is 4. The number of nitrogens with one attached hydrogen (secondary N) is 1. The normalized spacial score (nSPS) is 12.9. The van der Waals surface area contributed by atoms with Crippen molar-refractivity contribution in [1.29, 1.82) is 5.26 Å². The SMILES string of the molecule is CCCC(=O)Nc1cccc(C(=O)N2CCc3c(cnc(C)c3C#N)C2)c1. The Balaban J connectivity index is 1.78. The molecule has 2 aromatic rings. The lowest BCUT2D eigenvalue weighted by atomic mass is 9.95. The molecule has 0 unspecified atom stereocenters. The number of hydrogen-bond donors (Lipinski definition) is 1. The Kier molecular flexibility index (Phi) is 5.51. The van der Waals surface area contributed by atoms with E-state index in [-0.39, 0.29) is 11.8 Å². The van der Waals surface area contributed by atoms with E-state index in [2.05, 4.69) is 16.4 Å². The molecule has 1 aliphatic heterocycles. The largest absolute Gasteiger partial charge is 0.334 e. The van der Waals surface area contributed by atoms with Gasteiger partial charge in [0.25, 0.3) is 5.91 Å². The van der Waals surface area contributed by atoms with E-state index in [1.165, 1.54) is 0 Å². The van der Waals surface area contributed by atoms with Crippen LogP contribution >= 0.6 is 0 Å². The molecule has 0 bridgehead atoms. The second kappa shape index (κ2) is 8.00. The molecule has 2 amide bonds. The van der Waals surface area contributed by atoms with Crippen LogP contribution in [0.1, 0.15) is 52.5 Å². The molecule has 1 aliphatic rings. The van der Waals surface area contributed by atoms with Gasteiger partial charge in [0, 0.05) is 37.0 Å². The summed E-state index contributed by atoms with van der Waals surface area (Å²) >= 11 is 0. The Morgan fingerprint density at radius 2 is 2.19 bits per heavy atom. The van der Waals surface area contributed by atoms with Gasteiger partial charge in [0.15, 0.2) is 0 Å². The fourth-order valence-corrected chi connectivity index (χ4v) is 3.33. The molecule has 0 spiro atoms. The highest BCUT2D eigenvalue weighted by molar-refractivity contribution is 5.97. The van der Waals surface area contributed by atoms with Crippen LogP contribution in [0.5, 0.6) is 0 Å². The maximum atomic E-state index is 12.9. The number of amides is 2. The van der Waals surface area contributed by atoms with Crippen molar-refractivity contribution in [1.82, 2.24) is 9.88 Å². The van der Waals surface area contributed by atoms with E-state index in [0.29, 0.717) is 42.7 Å². The molecule has 6 nitrogen and oxygen atoms in total. The van der Waals surface area contributed by atoms with Crippen LogP contribution in [0.25, 0.3) is 0 Å². The lowest BCUT2D eigenvalue weighted by Crippen LogP contribution is -2.36. The minimum atomic E-state index is -0.0914. The van der Waals surface area contributed by atoms with Crippen molar-refractivity contribution in [3.8, 4) is 6.07 Å². The molecule has 0 aliphatic carbocycles. The topological polar surface area (TPSA) is 86.1 Å². The number of pyridine rings is 1. The summed E-state index contributed by atoms with van der Waals surface area (Å²) < 4.78 is 0. The smallest absolute Gasteiger partial charge is 0.254 e. The highest BCUT2D eigenvalue weighted by Crippen LogP contribution is 2.25. The summed E-state index contributed by atoms with van der Waals surface area (Å²) in [6, 6.07) is 9.24. The molecule has 1 aromatic heterocycles. The van der Waals surface area contributed by atoms with Crippen molar-refractivity contribution in [2.24, 2.45) is 0 Å². The lowest BCUT2D eigenvalue weighted by molar-refractivity contribution is -0.116. The molecule has 0 radical (unpaired) electrons. The minimum Gasteiger partial charge on any atom is -0.334 e. The summed E-state index contributed by atoms with van der Waals surface area (Å²) in [7, 11) is 0. The first-order valence-electron chi connectivity index (χ1n) is 9.10. The second-order valence-corrected chi connectivity index (χ2v) is 6.69. The third kappa shape index (κ3) is 3.98. The number of fused-ring (bicyclic) bond motifs is 1. The van der Waals surface area contributed by atoms with E-state index in [4.69, 9.17) is 0 Å². The van der Waals surface area contributed by atoms with Gasteiger partial charge in [-0.15, -0.1) is 0 Å². The molecule has 0 atom stereocenters. The summed E-state index contributed by atoms with van der Waals surface area (Å²) in [4.78, 5) is 30.7. The zero-order valence-corrected chi connectivity index (χ0v) is 15.6. The van der Waals surface area contributed by atoms with Gasteiger partial charge < -0.3 is 10.2 Å². The van der Waals surface area contributed by atoms with E-state index in [1.54, 1.807) is 35.4 Å². The summed E-state index contributed by atoms with van der Waals surface area (Å²) in [6.07, 6.45) is 3.62. The fourth-order valence-electron chi connectivity index (χ4n) is 3.33. The monoisotopic (exact) mass is 362 g/mol. The van der Waals surface area contributed by atoms with Gasteiger partial charge in [-0.25, -0.2) is 0 Å². The number of carbonyl (C=O) groups excluding carboxylic acids is 2. The molecule has 0 saturated carbocycles. The summed E-state index contributed by atoms with van der Waals surface area (Å²) in [6.45, 7) is 4.76. The Labute approximate surface area is 158 Å². The average molecular weight is 362 g/mol. The van der Waals surface area contributed by atoms with Gasteiger partial charge in [-0.05, 0) is 49.1 Å². The van der Waals surface area contributed by atoms with E-state index in [0.717, 1.165) is 23.2 Å². The zero-order chi connectivity index (χ0) is 19.4. The number of nitrogens with zero attached hydrogens (tertiary/aromatic N) is 3. The van der Waals surface area contributed by atoms with E-state index < -0.39 is 0 Å². The molecular formula is C21H22N4O2. The Morgan fingerprint density at radius 3 is 2.93 bits per heavy atom. The van der Waals surface area contributed by atoms with Crippen LogP contribution in [0.15, 0.2) is 30.5 Å². The number of benzene rings is 1. The fraction of sp³-hybridized carbons (Fsp3) is 0.333. The molecular weight excluding hydrogens is 340 g/mol. The summed E-state index contributed by atoms with van der Waals surface area (Å²) in [5.41, 5.74) is 4.43. The Morgan fingerprint density at radius 1 is 1.37 bits per heavy atom. The Hall–Kier alpha value is -3.20. The van der Waals surface area contributed by atoms with Crippen LogP contribution in [0.4, 0.5) is 5.69 Å². The van der Waals surface area contributed by atoms with Crippen molar-refractivity contribution in [2.45, 2.75) is 39.7 Å². The quantitative estimate of drug-likeness (QED) is 0.905. The van der Waals surface area contributed by atoms with Crippen molar-refractivity contribution < 1.29 is 9.59 Å². The third-order valence-corrected chi connectivity index (χ3v) is 4.73. The minimum absolute atomic E-state index is 0.0560. The van der Waals surface area contributed by atoms with Crippen LogP contribution in [-0.2, 0) is 17.8 Å². The van der Waals surface area contributed by atoms with Crippen molar-refractivity contribution in [3.63, 3.8) is 0 Å². The lowest BCUT2D eigenvalue weighted by Gasteiger charge is -2.29. The van der Waals surface area contributed by atoms with Crippen LogP contribution in [0, 0.1) is 18.3 Å². The average Bonchev–Trinajstić information content (AvgIpc) is 2.67. The van der Waals surface area contributed by atoms with Gasteiger partial charge >= 0.3 is 0 Å². The summed E-state index contributed by atoms with van der Waals surface area (Å²) in [5.74, 6) is -0.147. The highest BCUT2D eigenvalue weighted by Gasteiger charge is 2.25. The van der Waals surface area contributed by atoms with Crippen LogP contribution in [0.2, 0.25) is 0 Å². The first-order valence-corrected chi connectivity index (χ1v) is 9.10. The Bertz CT molecular complexity index is 930. The molecule has 1 N–H and O–H groups in total. The van der Waals surface area contributed by atoms with E-state index in [9.17, 15) is 14.9 Å². The molecule has 138 valence electrons. The van der Waals surface area contributed by atoms with Gasteiger partial charge in [-0.1, -0.05) is 13.0 Å². The maximum Gasteiger partial charge on any atom is 0.254 e. The summed E-state index contributed by atoms with van der Waals surface area (Å²) in [5, 5.41) is 12.2. The van der Waals surface area contributed by atoms with Crippen molar-refractivity contribution in [2.75, 3.05) is 11.9 Å². The number of anilines is 1. The highest BCUT2D eigenvalue weighted by atomic mass is 16.2. The number of aryl methyl sites for hydroxylation is 1. The third-order valence-electron chi connectivity index (χ3n) is 4.73. The molecule has 1 aromatic carbocycles. The van der Waals surface area contributed by atoms with Gasteiger partial charge in [-0.2, -0.15) is 5.26 Å². The number of aromatic nitrogens is 1. The van der Waals surface area contributed by atoms with E-state index >= 15 is 0 Å². The van der Waals surface area contributed by atoms with Crippen molar-refractivity contribution >= 4 is 17.5 Å². The van der Waals surface area contributed by atoms with Crippen molar-refractivity contribution in [3.05, 3.63) is 58.4 Å². The van der Waals surface area contributed by atoms with E-state index in [1.807, 2.05) is 13.8 Å².